The van der Waals surface area contributed by atoms with E-state index in [4.69, 9.17) is 0 Å². The van der Waals surface area contributed by atoms with Crippen LogP contribution in [0.3, 0.4) is 0 Å². The van der Waals surface area contributed by atoms with E-state index in [2.05, 4.69) is 34.5 Å². The predicted octanol–water partition coefficient (Wildman–Crippen LogP) is 2.92. The summed E-state index contributed by atoms with van der Waals surface area (Å²) in [5.74, 6) is -0.808. The third kappa shape index (κ3) is 6.37. The maximum atomic E-state index is 13.4. The molecule has 1 N–H and O–H groups in total. The maximum Gasteiger partial charge on any atom is 0.259 e. The third-order valence-corrected chi connectivity index (χ3v) is 6.42. The fourth-order valence-electron chi connectivity index (χ4n) is 4.32. The van der Waals surface area contributed by atoms with Crippen LogP contribution in [0.5, 0.6) is 0 Å². The van der Waals surface area contributed by atoms with E-state index in [0.717, 1.165) is 37.2 Å². The van der Waals surface area contributed by atoms with Gasteiger partial charge in [0.25, 0.3) is 11.8 Å². The van der Waals surface area contributed by atoms with E-state index in [1.807, 2.05) is 48.5 Å². The van der Waals surface area contributed by atoms with E-state index in [1.54, 1.807) is 15.7 Å². The Bertz CT molecular complexity index is 1260. The molecule has 1 saturated heterocycles. The summed E-state index contributed by atoms with van der Waals surface area (Å²) in [7, 11) is 1.48. The molecule has 2 amide bonds. The molecule has 0 unspecified atom stereocenters. The first-order valence-electron chi connectivity index (χ1n) is 12.3. The minimum atomic E-state index is -0.525. The van der Waals surface area contributed by atoms with Crippen molar-refractivity contribution in [3.05, 3.63) is 112 Å². The van der Waals surface area contributed by atoms with Gasteiger partial charge in [-0.1, -0.05) is 72.8 Å². The lowest BCUT2D eigenvalue weighted by molar-refractivity contribution is 0.0648. The summed E-state index contributed by atoms with van der Waals surface area (Å²) in [5.41, 5.74) is 1.81. The molecule has 0 radical (unpaired) electrons. The first kappa shape index (κ1) is 25.1. The average molecular weight is 485 g/mol. The minimum absolute atomic E-state index is 0.0129. The largest absolute Gasteiger partial charge is 0.355 e. The first-order chi connectivity index (χ1) is 17.5. The van der Waals surface area contributed by atoms with Crippen LogP contribution in [0.25, 0.3) is 6.08 Å². The number of nitrogens with zero attached hydrogens (tertiary/aromatic N) is 3. The molecule has 7 nitrogen and oxygen atoms in total. The molecule has 1 aliphatic rings. The Balaban J connectivity index is 1.43. The van der Waals surface area contributed by atoms with Gasteiger partial charge in [-0.15, -0.1) is 0 Å². The Morgan fingerprint density at radius 2 is 1.53 bits per heavy atom. The van der Waals surface area contributed by atoms with Gasteiger partial charge in [-0.05, 0) is 17.5 Å². The molecule has 7 heteroatoms. The molecule has 3 aromatic rings. The Labute approximate surface area is 211 Å². The zero-order valence-corrected chi connectivity index (χ0v) is 20.6. The fourth-order valence-corrected chi connectivity index (χ4v) is 4.32. The molecule has 4 rings (SSSR count). The van der Waals surface area contributed by atoms with E-state index in [-0.39, 0.29) is 17.0 Å². The quantitative estimate of drug-likeness (QED) is 0.534. The van der Waals surface area contributed by atoms with Crippen molar-refractivity contribution in [1.29, 1.82) is 0 Å². The highest BCUT2D eigenvalue weighted by atomic mass is 16.2. The van der Waals surface area contributed by atoms with Crippen LogP contribution in [-0.2, 0) is 13.0 Å². The van der Waals surface area contributed by atoms with E-state index >= 15 is 0 Å². The fraction of sp³-hybridized carbons (Fsp3) is 0.276. The molecular weight excluding hydrogens is 452 g/mol. The third-order valence-electron chi connectivity index (χ3n) is 6.42. The number of carbonyl (C=O) groups excluding carboxylic acids is 2. The molecule has 1 aromatic heterocycles. The topological polar surface area (TPSA) is 74.7 Å². The summed E-state index contributed by atoms with van der Waals surface area (Å²) < 4.78 is 1.77. The smallest absolute Gasteiger partial charge is 0.259 e. The van der Waals surface area contributed by atoms with Crippen molar-refractivity contribution in [2.75, 3.05) is 39.8 Å². The zero-order chi connectivity index (χ0) is 25.3. The molecular formula is C29H32N4O3. The van der Waals surface area contributed by atoms with Crippen molar-refractivity contribution in [3.8, 4) is 0 Å². The van der Waals surface area contributed by atoms with Crippen LogP contribution in [0.15, 0.2) is 83.9 Å². The second-order valence-electron chi connectivity index (χ2n) is 8.87. The highest BCUT2D eigenvalue weighted by Gasteiger charge is 2.26. The van der Waals surface area contributed by atoms with Gasteiger partial charge in [-0.3, -0.25) is 19.3 Å². The van der Waals surface area contributed by atoms with Crippen molar-refractivity contribution in [1.82, 2.24) is 19.7 Å². The van der Waals surface area contributed by atoms with Crippen LogP contribution < -0.4 is 10.7 Å². The summed E-state index contributed by atoms with van der Waals surface area (Å²) in [6.45, 7) is 3.87. The second-order valence-corrected chi connectivity index (χ2v) is 8.87. The molecule has 1 fully saturated rings. The summed E-state index contributed by atoms with van der Waals surface area (Å²) in [6, 6.07) is 20.1. The van der Waals surface area contributed by atoms with Gasteiger partial charge in [0.2, 0.25) is 5.43 Å². The van der Waals surface area contributed by atoms with Crippen LogP contribution in [0.4, 0.5) is 0 Å². The number of rotatable bonds is 8. The van der Waals surface area contributed by atoms with Crippen LogP contribution in [-0.4, -0.2) is 66.0 Å². The van der Waals surface area contributed by atoms with E-state index in [0.29, 0.717) is 19.6 Å². The Morgan fingerprint density at radius 1 is 0.889 bits per heavy atom. The molecule has 0 atom stereocenters. The standard InChI is InChI=1S/C29H32N4O3/c1-30-28(35)25-21-32(16-14-24-11-6-3-7-12-24)22-26(27(25)34)29(36)33-19-17-31(18-20-33)15-8-13-23-9-4-2-5-10-23/h2-13,21-22H,14-20H2,1H3,(H,30,35). The highest BCUT2D eigenvalue weighted by Crippen LogP contribution is 2.10. The Morgan fingerprint density at radius 3 is 2.19 bits per heavy atom. The van der Waals surface area contributed by atoms with Gasteiger partial charge >= 0.3 is 0 Å². The van der Waals surface area contributed by atoms with Crippen LogP contribution >= 0.6 is 0 Å². The Kier molecular flexibility index (Phi) is 8.47. The predicted molar refractivity (Wildman–Crippen MR) is 142 cm³/mol. The molecule has 2 heterocycles. The number of pyridine rings is 1. The van der Waals surface area contributed by atoms with Gasteiger partial charge in [-0.25, -0.2) is 0 Å². The number of nitrogens with one attached hydrogen (secondary N) is 1. The molecule has 0 bridgehead atoms. The number of piperazine rings is 1. The van der Waals surface area contributed by atoms with Crippen LogP contribution in [0.2, 0.25) is 0 Å². The zero-order valence-electron chi connectivity index (χ0n) is 20.6. The van der Waals surface area contributed by atoms with Gasteiger partial charge in [0.05, 0.1) is 0 Å². The van der Waals surface area contributed by atoms with Crippen LogP contribution in [0, 0.1) is 0 Å². The normalized spacial score (nSPS) is 14.2. The van der Waals surface area contributed by atoms with Crippen LogP contribution in [0.1, 0.15) is 31.8 Å². The van der Waals surface area contributed by atoms with Gasteiger partial charge in [0.15, 0.2) is 0 Å². The number of aryl methyl sites for hydroxylation is 2. The van der Waals surface area contributed by atoms with Crippen molar-refractivity contribution in [2.45, 2.75) is 13.0 Å². The average Bonchev–Trinajstić information content (AvgIpc) is 2.93. The number of hydrogen-bond donors (Lipinski definition) is 1. The molecule has 0 aliphatic carbocycles. The summed E-state index contributed by atoms with van der Waals surface area (Å²) in [6.07, 6.45) is 8.08. The molecule has 0 spiro atoms. The van der Waals surface area contributed by atoms with Gasteiger partial charge in [0, 0.05) is 58.7 Å². The molecule has 1 aliphatic heterocycles. The van der Waals surface area contributed by atoms with Crippen molar-refractivity contribution in [3.63, 3.8) is 0 Å². The van der Waals surface area contributed by atoms with E-state index < -0.39 is 11.3 Å². The number of carbonyl (C=O) groups is 2. The molecule has 186 valence electrons. The summed E-state index contributed by atoms with van der Waals surface area (Å²) >= 11 is 0. The summed E-state index contributed by atoms with van der Waals surface area (Å²) in [5, 5.41) is 2.52. The SMILES string of the molecule is CNC(=O)c1cn(CCc2ccccc2)cc(C(=O)N2CCN(CC=Cc3ccccc3)CC2)c1=O. The number of benzene rings is 2. The molecule has 36 heavy (non-hydrogen) atoms. The van der Waals surface area contributed by atoms with Gasteiger partial charge < -0.3 is 14.8 Å². The van der Waals surface area contributed by atoms with Crippen molar-refractivity contribution >= 4 is 17.9 Å². The maximum absolute atomic E-state index is 13.4. The number of amides is 2. The van der Waals surface area contributed by atoms with Gasteiger partial charge in [0.1, 0.15) is 11.1 Å². The lowest BCUT2D eigenvalue weighted by Crippen LogP contribution is -2.49. The summed E-state index contributed by atoms with van der Waals surface area (Å²) in [4.78, 5) is 42.8. The Hall–Kier alpha value is -3.97. The number of aromatic nitrogens is 1. The highest BCUT2D eigenvalue weighted by molar-refractivity contribution is 5.99. The monoisotopic (exact) mass is 484 g/mol. The minimum Gasteiger partial charge on any atom is -0.355 e. The lowest BCUT2D eigenvalue weighted by Gasteiger charge is -2.34. The second kappa shape index (κ2) is 12.1. The lowest BCUT2D eigenvalue weighted by atomic mass is 10.1. The van der Waals surface area contributed by atoms with Gasteiger partial charge in [-0.2, -0.15) is 0 Å². The van der Waals surface area contributed by atoms with E-state index in [9.17, 15) is 14.4 Å². The first-order valence-corrected chi connectivity index (χ1v) is 12.3. The van der Waals surface area contributed by atoms with E-state index in [1.165, 1.54) is 13.2 Å². The number of hydrogen-bond acceptors (Lipinski definition) is 4. The van der Waals surface area contributed by atoms with Crippen molar-refractivity contribution < 1.29 is 9.59 Å². The van der Waals surface area contributed by atoms with Crippen molar-refractivity contribution in [2.24, 2.45) is 0 Å². The molecule has 0 saturated carbocycles. The molecule has 2 aromatic carbocycles.